The van der Waals surface area contributed by atoms with Crippen LogP contribution in [-0.2, 0) is 4.79 Å². The minimum Gasteiger partial charge on any atom is -0.336 e. The molecule has 0 aromatic heterocycles. The van der Waals surface area contributed by atoms with Crippen molar-refractivity contribution >= 4 is 5.91 Å². The van der Waals surface area contributed by atoms with Crippen molar-refractivity contribution in [3.8, 4) is 0 Å². The summed E-state index contributed by atoms with van der Waals surface area (Å²) in [5.74, 6) is 0.263. The van der Waals surface area contributed by atoms with Gasteiger partial charge in [-0.25, -0.2) is 0 Å². The van der Waals surface area contributed by atoms with Gasteiger partial charge in [-0.15, -0.1) is 19.7 Å². The van der Waals surface area contributed by atoms with Gasteiger partial charge < -0.3 is 4.90 Å². The predicted octanol–water partition coefficient (Wildman–Crippen LogP) is 3.86. The molecule has 2 heteroatoms. The zero-order valence-corrected chi connectivity index (χ0v) is 11.8. The number of carbonyl (C=O) groups excluding carboxylic acids is 1. The van der Waals surface area contributed by atoms with Crippen LogP contribution in [0.3, 0.4) is 0 Å². The average molecular weight is 247 g/mol. The van der Waals surface area contributed by atoms with Gasteiger partial charge in [-0.05, 0) is 39.5 Å². The molecule has 0 aliphatic carbocycles. The largest absolute Gasteiger partial charge is 0.336 e. The van der Waals surface area contributed by atoms with E-state index in [0.717, 1.165) is 43.4 Å². The van der Waals surface area contributed by atoms with Crippen LogP contribution in [-0.4, -0.2) is 22.9 Å². The van der Waals surface area contributed by atoms with Gasteiger partial charge in [-0.1, -0.05) is 17.2 Å². The summed E-state index contributed by atoms with van der Waals surface area (Å²) in [7, 11) is 0. The second-order valence-electron chi connectivity index (χ2n) is 5.61. The fourth-order valence-electron chi connectivity index (χ4n) is 3.01. The Balaban J connectivity index is 2.97. The lowest BCUT2D eigenvalue weighted by Gasteiger charge is -2.39. The molecule has 0 unspecified atom stereocenters. The number of hydrogen-bond donors (Lipinski definition) is 0. The van der Waals surface area contributed by atoms with E-state index in [4.69, 9.17) is 0 Å². The van der Waals surface area contributed by atoms with Gasteiger partial charge >= 0.3 is 0 Å². The van der Waals surface area contributed by atoms with Gasteiger partial charge in [0.05, 0.1) is 5.54 Å². The predicted molar refractivity (Wildman–Crippen MR) is 77.4 cm³/mol. The molecule has 1 rings (SSSR count). The molecule has 1 saturated heterocycles. The summed E-state index contributed by atoms with van der Waals surface area (Å²) in [6.07, 6.45) is 6.05. The van der Waals surface area contributed by atoms with Crippen molar-refractivity contribution in [3.05, 3.63) is 37.0 Å². The molecule has 1 aliphatic rings. The zero-order valence-electron chi connectivity index (χ0n) is 11.8. The van der Waals surface area contributed by atoms with E-state index in [-0.39, 0.29) is 11.4 Å². The van der Waals surface area contributed by atoms with Crippen molar-refractivity contribution in [3.63, 3.8) is 0 Å². The molecular formula is C16H25NO. The number of carbonyl (C=O) groups is 1. The van der Waals surface area contributed by atoms with Gasteiger partial charge in [0, 0.05) is 13.0 Å². The first-order valence-corrected chi connectivity index (χ1v) is 6.61. The van der Waals surface area contributed by atoms with E-state index in [2.05, 4.69) is 19.7 Å². The van der Waals surface area contributed by atoms with E-state index in [0.29, 0.717) is 6.42 Å². The monoisotopic (exact) mass is 247 g/mol. The Morgan fingerprint density at radius 1 is 1.33 bits per heavy atom. The van der Waals surface area contributed by atoms with Crippen LogP contribution in [0.5, 0.6) is 0 Å². The minimum atomic E-state index is -0.0856. The Labute approximate surface area is 111 Å². The lowest BCUT2D eigenvalue weighted by Crippen LogP contribution is -2.46. The van der Waals surface area contributed by atoms with Crippen molar-refractivity contribution in [1.82, 2.24) is 4.90 Å². The molecule has 1 heterocycles. The van der Waals surface area contributed by atoms with Crippen LogP contribution in [0.2, 0.25) is 0 Å². The molecule has 1 amide bonds. The molecule has 0 atom stereocenters. The number of rotatable bonds is 7. The molecule has 18 heavy (non-hydrogen) atoms. The SMILES string of the molecule is C=CCCN1C(=O)CCC1(CC(=C)C)CC(=C)C. The molecule has 0 bridgehead atoms. The maximum Gasteiger partial charge on any atom is 0.223 e. The third-order valence-electron chi connectivity index (χ3n) is 3.50. The standard InChI is InChI=1S/C16H25NO/c1-6-7-10-17-15(18)8-9-16(17,11-13(2)3)12-14(4)5/h6H,1-2,4,7-12H2,3,5H3. The maximum atomic E-state index is 12.1. The van der Waals surface area contributed by atoms with Crippen molar-refractivity contribution < 1.29 is 4.79 Å². The van der Waals surface area contributed by atoms with E-state index >= 15 is 0 Å². The second-order valence-corrected chi connectivity index (χ2v) is 5.61. The number of hydrogen-bond acceptors (Lipinski definition) is 1. The van der Waals surface area contributed by atoms with Crippen LogP contribution < -0.4 is 0 Å². The highest BCUT2D eigenvalue weighted by Crippen LogP contribution is 2.40. The van der Waals surface area contributed by atoms with Crippen LogP contribution in [0.1, 0.15) is 46.0 Å². The highest BCUT2D eigenvalue weighted by Gasteiger charge is 2.44. The van der Waals surface area contributed by atoms with Gasteiger partial charge in [0.25, 0.3) is 0 Å². The fourth-order valence-corrected chi connectivity index (χ4v) is 3.01. The molecule has 0 N–H and O–H groups in total. The van der Waals surface area contributed by atoms with Crippen LogP contribution in [0.15, 0.2) is 37.0 Å². The highest BCUT2D eigenvalue weighted by atomic mass is 16.2. The van der Waals surface area contributed by atoms with Gasteiger partial charge in [0.2, 0.25) is 5.91 Å². The van der Waals surface area contributed by atoms with E-state index < -0.39 is 0 Å². The Bertz CT molecular complexity index is 351. The van der Waals surface area contributed by atoms with Gasteiger partial charge in [-0.3, -0.25) is 4.79 Å². The second kappa shape index (κ2) is 6.03. The lowest BCUT2D eigenvalue weighted by atomic mass is 9.83. The van der Waals surface area contributed by atoms with Gasteiger partial charge in [0.15, 0.2) is 0 Å². The van der Waals surface area contributed by atoms with Crippen LogP contribution in [0, 0.1) is 0 Å². The van der Waals surface area contributed by atoms with Gasteiger partial charge in [0.1, 0.15) is 0 Å². The lowest BCUT2D eigenvalue weighted by molar-refractivity contribution is -0.131. The topological polar surface area (TPSA) is 20.3 Å². The van der Waals surface area contributed by atoms with Crippen LogP contribution in [0.25, 0.3) is 0 Å². The molecule has 1 aliphatic heterocycles. The summed E-state index contributed by atoms with van der Waals surface area (Å²) in [6, 6.07) is 0. The zero-order chi connectivity index (χ0) is 13.8. The quantitative estimate of drug-likeness (QED) is 0.626. The molecule has 100 valence electrons. The Morgan fingerprint density at radius 2 is 1.89 bits per heavy atom. The minimum absolute atomic E-state index is 0.0856. The van der Waals surface area contributed by atoms with Crippen molar-refractivity contribution in [1.29, 1.82) is 0 Å². The molecule has 2 nitrogen and oxygen atoms in total. The van der Waals surface area contributed by atoms with E-state index in [1.165, 1.54) is 0 Å². The summed E-state index contributed by atoms with van der Waals surface area (Å²) in [4.78, 5) is 14.1. The van der Waals surface area contributed by atoms with Gasteiger partial charge in [-0.2, -0.15) is 0 Å². The smallest absolute Gasteiger partial charge is 0.223 e. The molecule has 1 fully saturated rings. The third-order valence-corrected chi connectivity index (χ3v) is 3.50. The fraction of sp³-hybridized carbons (Fsp3) is 0.562. The average Bonchev–Trinajstić information content (AvgIpc) is 2.51. The highest BCUT2D eigenvalue weighted by molar-refractivity contribution is 5.80. The summed E-state index contributed by atoms with van der Waals surface area (Å²) >= 11 is 0. The molecule has 0 radical (unpaired) electrons. The summed E-state index contributed by atoms with van der Waals surface area (Å²) < 4.78 is 0. The number of amides is 1. The Morgan fingerprint density at radius 3 is 2.33 bits per heavy atom. The Kier molecular flexibility index (Phi) is 4.94. The van der Waals surface area contributed by atoms with Crippen molar-refractivity contribution in [2.45, 2.75) is 51.5 Å². The summed E-state index contributed by atoms with van der Waals surface area (Å²) in [5, 5.41) is 0. The number of likely N-dealkylation sites (tertiary alicyclic amines) is 1. The molecule has 0 spiro atoms. The normalized spacial score (nSPS) is 17.9. The van der Waals surface area contributed by atoms with E-state index in [1.54, 1.807) is 0 Å². The van der Waals surface area contributed by atoms with Crippen LogP contribution in [0.4, 0.5) is 0 Å². The van der Waals surface area contributed by atoms with Crippen molar-refractivity contribution in [2.24, 2.45) is 0 Å². The Hall–Kier alpha value is -1.31. The van der Waals surface area contributed by atoms with Crippen LogP contribution >= 0.6 is 0 Å². The first-order valence-electron chi connectivity index (χ1n) is 6.61. The molecular weight excluding hydrogens is 222 g/mol. The molecule has 0 aromatic rings. The third kappa shape index (κ3) is 3.34. The number of nitrogens with zero attached hydrogens (tertiary/aromatic N) is 1. The van der Waals surface area contributed by atoms with E-state index in [1.807, 2.05) is 24.8 Å². The molecule has 0 saturated carbocycles. The molecule has 0 aromatic carbocycles. The van der Waals surface area contributed by atoms with E-state index in [9.17, 15) is 4.79 Å². The first kappa shape index (κ1) is 14.7. The maximum absolute atomic E-state index is 12.1. The summed E-state index contributed by atoms with van der Waals surface area (Å²) in [6.45, 7) is 16.6. The first-order chi connectivity index (χ1) is 8.41. The summed E-state index contributed by atoms with van der Waals surface area (Å²) in [5.41, 5.74) is 2.18. The van der Waals surface area contributed by atoms with Crippen molar-refractivity contribution in [2.75, 3.05) is 6.54 Å².